The Morgan fingerprint density at radius 1 is 1.26 bits per heavy atom. The molecule has 0 bridgehead atoms. The summed E-state index contributed by atoms with van der Waals surface area (Å²) in [7, 11) is 0. The summed E-state index contributed by atoms with van der Waals surface area (Å²) in [6, 6.07) is 7.68. The van der Waals surface area contributed by atoms with Gasteiger partial charge in [-0.15, -0.1) is 5.10 Å². The number of aromatic nitrogens is 2. The van der Waals surface area contributed by atoms with Crippen molar-refractivity contribution in [3.63, 3.8) is 0 Å². The number of benzene rings is 2. The Labute approximate surface area is 214 Å². The van der Waals surface area contributed by atoms with E-state index in [0.717, 1.165) is 11.8 Å². The Morgan fingerprint density at radius 3 is 2.79 bits per heavy atom. The number of nitrogens with one attached hydrogen (secondary N) is 1. The normalized spacial score (nSPS) is 21.0. The van der Waals surface area contributed by atoms with Crippen LogP contribution in [0.2, 0.25) is 0 Å². The molecule has 0 aliphatic carbocycles. The van der Waals surface area contributed by atoms with Gasteiger partial charge < -0.3 is 20.1 Å². The van der Waals surface area contributed by atoms with Crippen LogP contribution in [0, 0.1) is 12.7 Å². The van der Waals surface area contributed by atoms with Crippen molar-refractivity contribution in [3.8, 4) is 11.1 Å². The third-order valence-electron chi connectivity index (χ3n) is 6.95. The van der Waals surface area contributed by atoms with Gasteiger partial charge in [0.2, 0.25) is 0 Å². The van der Waals surface area contributed by atoms with E-state index in [2.05, 4.69) is 15.5 Å². The second-order valence-electron chi connectivity index (χ2n) is 9.42. The van der Waals surface area contributed by atoms with E-state index in [9.17, 15) is 23.1 Å². The number of fused-ring (bicyclic) bond motifs is 3. The molecule has 38 heavy (non-hydrogen) atoms. The summed E-state index contributed by atoms with van der Waals surface area (Å²) in [4.78, 5) is 14.4. The lowest BCUT2D eigenvalue weighted by atomic mass is 9.81. The molecule has 2 N–H and O–H groups in total. The van der Waals surface area contributed by atoms with Crippen molar-refractivity contribution in [1.29, 1.82) is 0 Å². The van der Waals surface area contributed by atoms with E-state index in [1.165, 1.54) is 6.07 Å². The number of alkyl halides is 4. The predicted molar refractivity (Wildman–Crippen MR) is 128 cm³/mol. The van der Waals surface area contributed by atoms with E-state index >= 15 is 8.78 Å². The van der Waals surface area contributed by atoms with Crippen molar-refractivity contribution in [3.05, 3.63) is 70.8 Å². The SMILES string of the molecule is Cc1ccc(NC(=O)c2cnnc(C(F)(F)F)c2)cc1-c1cc(F)c2c(c1)N1CCOC[C@H]1[C@@](F)(CO)C2. The summed E-state index contributed by atoms with van der Waals surface area (Å²) >= 11 is 0. The number of rotatable bonds is 4. The molecule has 3 heterocycles. The predicted octanol–water partition coefficient (Wildman–Crippen LogP) is 4.32. The molecule has 0 unspecified atom stereocenters. The quantitative estimate of drug-likeness (QED) is 0.485. The molecule has 1 saturated heterocycles. The molecule has 1 aromatic heterocycles. The molecule has 2 aliphatic rings. The maximum absolute atomic E-state index is 15.5. The number of aliphatic hydroxyl groups excluding tert-OH is 1. The molecular weight excluding hydrogens is 511 g/mol. The van der Waals surface area contributed by atoms with Gasteiger partial charge in [0, 0.05) is 29.9 Å². The lowest BCUT2D eigenvalue weighted by Gasteiger charge is -2.48. The fraction of sp³-hybridized carbons (Fsp3) is 0.346. The molecule has 0 spiro atoms. The number of amides is 1. The summed E-state index contributed by atoms with van der Waals surface area (Å²) in [5.41, 5.74) is -0.946. The molecule has 2 aromatic carbocycles. The second-order valence-corrected chi connectivity index (χ2v) is 9.42. The summed E-state index contributed by atoms with van der Waals surface area (Å²) in [6.07, 6.45) is -4.13. The molecule has 3 aromatic rings. The molecule has 7 nitrogen and oxygen atoms in total. The van der Waals surface area contributed by atoms with Crippen molar-refractivity contribution in [1.82, 2.24) is 10.2 Å². The molecule has 0 radical (unpaired) electrons. The van der Waals surface area contributed by atoms with Gasteiger partial charge in [0.25, 0.3) is 5.91 Å². The standard InChI is InChI=1S/C26H23F5N4O3/c1-14-2-3-17(33-24(37)16-8-22(26(29,30)31)34-32-11-16)9-18(14)15-6-20(27)19-10-25(28,13-36)23-12-38-5-4-35(23)21(19)7-15/h2-3,6-9,11,23,36H,4-5,10,12-13H2,1H3,(H,33,37)/t23-,25-/m0/s1. The van der Waals surface area contributed by atoms with Crippen LogP contribution in [0.25, 0.3) is 11.1 Å². The van der Waals surface area contributed by atoms with Crippen LogP contribution in [-0.4, -0.2) is 59.3 Å². The van der Waals surface area contributed by atoms with Crippen LogP contribution in [0.3, 0.4) is 0 Å². The number of halogens is 5. The summed E-state index contributed by atoms with van der Waals surface area (Å²) in [5, 5.41) is 18.6. The highest BCUT2D eigenvalue weighted by molar-refractivity contribution is 6.04. The summed E-state index contributed by atoms with van der Waals surface area (Å²) in [6.45, 7) is 1.72. The number of morpholine rings is 1. The minimum Gasteiger partial charge on any atom is -0.393 e. The number of anilines is 2. The second kappa shape index (κ2) is 9.59. The Morgan fingerprint density at radius 2 is 2.05 bits per heavy atom. The highest BCUT2D eigenvalue weighted by Crippen LogP contribution is 2.43. The van der Waals surface area contributed by atoms with Crippen LogP contribution >= 0.6 is 0 Å². The maximum atomic E-state index is 15.5. The molecule has 2 aliphatic heterocycles. The first-order valence-corrected chi connectivity index (χ1v) is 11.8. The molecular formula is C26H23F5N4O3. The molecule has 2 atom stereocenters. The van der Waals surface area contributed by atoms with Gasteiger partial charge in [-0.25, -0.2) is 8.78 Å². The Kier molecular flexibility index (Phi) is 6.56. The van der Waals surface area contributed by atoms with Gasteiger partial charge in [0.1, 0.15) is 5.82 Å². The molecule has 1 fully saturated rings. The minimum atomic E-state index is -4.75. The van der Waals surface area contributed by atoms with Gasteiger partial charge in [0.05, 0.1) is 37.6 Å². The van der Waals surface area contributed by atoms with E-state index < -0.39 is 41.9 Å². The highest BCUT2D eigenvalue weighted by Gasteiger charge is 2.49. The maximum Gasteiger partial charge on any atom is 0.435 e. The van der Waals surface area contributed by atoms with E-state index in [1.54, 1.807) is 36.1 Å². The van der Waals surface area contributed by atoms with E-state index in [4.69, 9.17) is 4.74 Å². The summed E-state index contributed by atoms with van der Waals surface area (Å²) < 4.78 is 75.2. The van der Waals surface area contributed by atoms with E-state index in [1.807, 2.05) is 0 Å². The average molecular weight is 534 g/mol. The monoisotopic (exact) mass is 534 g/mol. The molecule has 200 valence electrons. The van der Waals surface area contributed by atoms with Gasteiger partial charge in [-0.05, 0) is 53.9 Å². The van der Waals surface area contributed by atoms with Crippen LogP contribution in [0.4, 0.5) is 33.3 Å². The van der Waals surface area contributed by atoms with Crippen molar-refractivity contribution in [2.24, 2.45) is 0 Å². The van der Waals surface area contributed by atoms with Crippen molar-refractivity contribution < 1.29 is 36.6 Å². The first kappa shape index (κ1) is 26.0. The topological polar surface area (TPSA) is 87.6 Å². The van der Waals surface area contributed by atoms with Crippen molar-refractivity contribution in [2.45, 2.75) is 31.2 Å². The first-order chi connectivity index (χ1) is 18.0. The average Bonchev–Trinajstić information content (AvgIpc) is 2.90. The van der Waals surface area contributed by atoms with Gasteiger partial charge >= 0.3 is 6.18 Å². The van der Waals surface area contributed by atoms with Crippen LogP contribution in [0.5, 0.6) is 0 Å². The molecule has 1 amide bonds. The van der Waals surface area contributed by atoms with Crippen LogP contribution < -0.4 is 10.2 Å². The van der Waals surface area contributed by atoms with Gasteiger partial charge in [-0.2, -0.15) is 18.3 Å². The first-order valence-electron chi connectivity index (χ1n) is 11.8. The fourth-order valence-corrected chi connectivity index (χ4v) is 4.95. The van der Waals surface area contributed by atoms with Gasteiger partial charge in [-0.3, -0.25) is 4.79 Å². The third kappa shape index (κ3) is 4.69. The lowest BCUT2D eigenvalue weighted by molar-refractivity contribution is -0.141. The zero-order valence-electron chi connectivity index (χ0n) is 20.1. The van der Waals surface area contributed by atoms with Gasteiger partial charge in [-0.1, -0.05) is 6.07 Å². The minimum absolute atomic E-state index is 0.0583. The molecule has 0 saturated carbocycles. The number of ether oxygens (including phenoxy) is 1. The zero-order valence-corrected chi connectivity index (χ0v) is 20.1. The fourth-order valence-electron chi connectivity index (χ4n) is 4.95. The number of hydrogen-bond donors (Lipinski definition) is 2. The summed E-state index contributed by atoms with van der Waals surface area (Å²) in [5.74, 6) is -1.45. The number of carbonyl (C=O) groups excluding carboxylic acids is 1. The van der Waals surface area contributed by atoms with E-state index in [0.29, 0.717) is 36.0 Å². The zero-order chi connectivity index (χ0) is 27.2. The number of hydrogen-bond acceptors (Lipinski definition) is 6. The number of carbonyl (C=O) groups is 1. The number of aryl methyl sites for hydroxylation is 1. The molecule has 5 rings (SSSR count). The Hall–Kier alpha value is -3.64. The van der Waals surface area contributed by atoms with Crippen LogP contribution in [-0.2, 0) is 17.3 Å². The van der Waals surface area contributed by atoms with Crippen LogP contribution in [0.15, 0.2) is 42.6 Å². The number of nitrogens with zero attached hydrogens (tertiary/aromatic N) is 3. The van der Waals surface area contributed by atoms with Crippen LogP contribution in [0.1, 0.15) is 27.2 Å². The third-order valence-corrected chi connectivity index (χ3v) is 6.95. The van der Waals surface area contributed by atoms with Gasteiger partial charge in [0.15, 0.2) is 11.4 Å². The Bertz CT molecular complexity index is 1400. The van der Waals surface area contributed by atoms with Crippen molar-refractivity contribution in [2.75, 3.05) is 36.6 Å². The largest absolute Gasteiger partial charge is 0.435 e. The lowest BCUT2D eigenvalue weighted by Crippen LogP contribution is -2.62. The highest BCUT2D eigenvalue weighted by atomic mass is 19.4. The number of aliphatic hydroxyl groups is 1. The Balaban J connectivity index is 1.48. The van der Waals surface area contributed by atoms with E-state index in [-0.39, 0.29) is 29.8 Å². The smallest absolute Gasteiger partial charge is 0.393 e. The molecule has 12 heteroatoms. The van der Waals surface area contributed by atoms with Crippen molar-refractivity contribution >= 4 is 17.3 Å².